The predicted molar refractivity (Wildman–Crippen MR) is 85.3 cm³/mol. The molecular weight excluding hydrogens is 246 g/mol. The molecule has 0 aliphatic carbocycles. The van der Waals surface area contributed by atoms with Gasteiger partial charge in [-0.25, -0.2) is 0 Å². The van der Waals surface area contributed by atoms with E-state index in [0.29, 0.717) is 6.04 Å². The summed E-state index contributed by atoms with van der Waals surface area (Å²) in [7, 11) is 2.22. The van der Waals surface area contributed by atoms with E-state index in [1.807, 2.05) is 6.08 Å². The Morgan fingerprint density at radius 1 is 1.45 bits per heavy atom. The average molecular weight is 273 g/mol. The number of aryl methyl sites for hydroxylation is 1. The van der Waals surface area contributed by atoms with Gasteiger partial charge in [-0.2, -0.15) is 0 Å². The van der Waals surface area contributed by atoms with E-state index in [0.717, 1.165) is 25.1 Å². The predicted octanol–water partition coefficient (Wildman–Crippen LogP) is 4.50. The number of hydrogen-bond donors (Lipinski definition) is 0. The van der Waals surface area contributed by atoms with Crippen molar-refractivity contribution in [3.63, 3.8) is 0 Å². The van der Waals surface area contributed by atoms with Gasteiger partial charge in [0.1, 0.15) is 11.4 Å². The van der Waals surface area contributed by atoms with E-state index in [1.54, 1.807) is 0 Å². The minimum atomic E-state index is -0.0976. The van der Waals surface area contributed by atoms with Crippen LogP contribution in [0.4, 0.5) is 0 Å². The van der Waals surface area contributed by atoms with Gasteiger partial charge in [0.2, 0.25) is 0 Å². The summed E-state index contributed by atoms with van der Waals surface area (Å²) in [5.41, 5.74) is 2.54. The standard InChI is InChI=1S/C18H27NO/c1-6-7-8-11-19(5)16-13-18(3,4)20-17-10-9-14(2)12-15(16)17/h6,9-10,12,16H,1,7-8,11,13H2,2-5H3. The van der Waals surface area contributed by atoms with Crippen molar-refractivity contribution in [1.29, 1.82) is 0 Å². The first kappa shape index (κ1) is 15.1. The van der Waals surface area contributed by atoms with Gasteiger partial charge in [0.15, 0.2) is 0 Å². The lowest BCUT2D eigenvalue weighted by Crippen LogP contribution is -2.40. The summed E-state index contributed by atoms with van der Waals surface area (Å²) in [6, 6.07) is 6.98. The van der Waals surface area contributed by atoms with Crippen LogP contribution in [0.15, 0.2) is 30.9 Å². The maximum absolute atomic E-state index is 6.14. The molecule has 20 heavy (non-hydrogen) atoms. The summed E-state index contributed by atoms with van der Waals surface area (Å²) >= 11 is 0. The van der Waals surface area contributed by atoms with Crippen LogP contribution in [-0.2, 0) is 0 Å². The molecule has 0 fully saturated rings. The Kier molecular flexibility index (Phi) is 4.54. The maximum atomic E-state index is 6.14. The third kappa shape index (κ3) is 3.43. The van der Waals surface area contributed by atoms with E-state index in [4.69, 9.17) is 4.74 Å². The number of benzene rings is 1. The van der Waals surface area contributed by atoms with Crippen LogP contribution in [0.25, 0.3) is 0 Å². The molecule has 0 N–H and O–H groups in total. The van der Waals surface area contributed by atoms with Gasteiger partial charge < -0.3 is 4.74 Å². The minimum absolute atomic E-state index is 0.0976. The number of hydrogen-bond acceptors (Lipinski definition) is 2. The highest BCUT2D eigenvalue weighted by Crippen LogP contribution is 2.42. The Bertz CT molecular complexity index is 478. The number of allylic oxidation sites excluding steroid dienone is 1. The summed E-state index contributed by atoms with van der Waals surface area (Å²) in [5.74, 6) is 1.05. The lowest BCUT2D eigenvalue weighted by atomic mass is 9.88. The van der Waals surface area contributed by atoms with Crippen LogP contribution in [0.1, 0.15) is 50.3 Å². The Balaban J connectivity index is 2.23. The van der Waals surface area contributed by atoms with Crippen molar-refractivity contribution in [1.82, 2.24) is 4.90 Å². The zero-order valence-corrected chi connectivity index (χ0v) is 13.3. The first-order chi connectivity index (χ1) is 9.43. The zero-order chi connectivity index (χ0) is 14.8. The summed E-state index contributed by atoms with van der Waals surface area (Å²) in [4.78, 5) is 2.46. The summed E-state index contributed by atoms with van der Waals surface area (Å²) in [5, 5.41) is 0. The summed E-state index contributed by atoms with van der Waals surface area (Å²) in [6.07, 6.45) is 5.28. The van der Waals surface area contributed by atoms with Crippen LogP contribution in [0.3, 0.4) is 0 Å². The van der Waals surface area contributed by atoms with E-state index < -0.39 is 0 Å². The van der Waals surface area contributed by atoms with Crippen molar-refractivity contribution in [2.24, 2.45) is 0 Å². The number of ether oxygens (including phenoxy) is 1. The molecule has 0 saturated heterocycles. The van der Waals surface area contributed by atoms with Crippen LogP contribution in [0.2, 0.25) is 0 Å². The first-order valence-corrected chi connectivity index (χ1v) is 7.53. The van der Waals surface area contributed by atoms with Gasteiger partial charge in [0.25, 0.3) is 0 Å². The molecule has 2 nitrogen and oxygen atoms in total. The Hall–Kier alpha value is -1.28. The van der Waals surface area contributed by atoms with Gasteiger partial charge in [0.05, 0.1) is 0 Å². The maximum Gasteiger partial charge on any atom is 0.124 e. The van der Waals surface area contributed by atoms with Gasteiger partial charge in [-0.1, -0.05) is 23.8 Å². The highest BCUT2D eigenvalue weighted by molar-refractivity contribution is 5.41. The molecule has 1 atom stereocenters. The van der Waals surface area contributed by atoms with Crippen molar-refractivity contribution in [2.75, 3.05) is 13.6 Å². The molecule has 0 saturated carbocycles. The lowest BCUT2D eigenvalue weighted by molar-refractivity contribution is 0.0371. The van der Waals surface area contributed by atoms with Gasteiger partial charge in [-0.05, 0) is 53.3 Å². The van der Waals surface area contributed by atoms with E-state index in [-0.39, 0.29) is 5.60 Å². The highest BCUT2D eigenvalue weighted by atomic mass is 16.5. The van der Waals surface area contributed by atoms with Gasteiger partial charge >= 0.3 is 0 Å². The molecule has 1 heterocycles. The molecular formula is C18H27NO. The molecule has 0 radical (unpaired) electrons. The van der Waals surface area contributed by atoms with Crippen molar-refractivity contribution in [2.45, 2.75) is 51.7 Å². The second-order valence-corrected chi connectivity index (χ2v) is 6.53. The van der Waals surface area contributed by atoms with E-state index >= 15 is 0 Å². The monoisotopic (exact) mass is 273 g/mol. The molecule has 1 aromatic rings. The van der Waals surface area contributed by atoms with Gasteiger partial charge in [0, 0.05) is 18.0 Å². The van der Waals surface area contributed by atoms with Crippen LogP contribution >= 0.6 is 0 Å². The highest BCUT2D eigenvalue weighted by Gasteiger charge is 2.35. The second-order valence-electron chi connectivity index (χ2n) is 6.53. The van der Waals surface area contributed by atoms with E-state index in [1.165, 1.54) is 17.5 Å². The summed E-state index contributed by atoms with van der Waals surface area (Å²) in [6.45, 7) is 11.4. The average Bonchev–Trinajstić information content (AvgIpc) is 2.38. The van der Waals surface area contributed by atoms with E-state index in [9.17, 15) is 0 Å². The van der Waals surface area contributed by atoms with Crippen LogP contribution in [0, 0.1) is 6.92 Å². The van der Waals surface area contributed by atoms with Gasteiger partial charge in [-0.3, -0.25) is 4.90 Å². The number of rotatable bonds is 5. The number of nitrogens with zero attached hydrogens (tertiary/aromatic N) is 1. The van der Waals surface area contributed by atoms with Crippen molar-refractivity contribution in [3.8, 4) is 5.75 Å². The molecule has 1 aliphatic rings. The first-order valence-electron chi connectivity index (χ1n) is 7.53. The molecule has 0 bridgehead atoms. The van der Waals surface area contributed by atoms with Crippen LogP contribution in [-0.4, -0.2) is 24.1 Å². The molecule has 1 aromatic carbocycles. The molecule has 2 heteroatoms. The minimum Gasteiger partial charge on any atom is -0.487 e. The molecule has 2 rings (SSSR count). The molecule has 0 amide bonds. The SMILES string of the molecule is C=CCCCN(C)C1CC(C)(C)Oc2ccc(C)cc21. The normalized spacial score (nSPS) is 20.4. The van der Waals surface area contributed by atoms with Crippen molar-refractivity contribution < 1.29 is 4.74 Å². The Labute approximate surface area is 123 Å². The second kappa shape index (κ2) is 6.01. The van der Waals surface area contributed by atoms with Crippen LogP contribution in [0.5, 0.6) is 5.75 Å². The lowest BCUT2D eigenvalue weighted by Gasteiger charge is -2.41. The molecule has 1 aliphatic heterocycles. The third-order valence-electron chi connectivity index (χ3n) is 4.05. The van der Waals surface area contributed by atoms with Crippen LogP contribution < -0.4 is 4.74 Å². The topological polar surface area (TPSA) is 12.5 Å². The van der Waals surface area contributed by atoms with E-state index in [2.05, 4.69) is 57.5 Å². The fraction of sp³-hybridized carbons (Fsp3) is 0.556. The third-order valence-corrected chi connectivity index (χ3v) is 4.05. The summed E-state index contributed by atoms with van der Waals surface area (Å²) < 4.78 is 6.14. The fourth-order valence-electron chi connectivity index (χ4n) is 2.97. The fourth-order valence-corrected chi connectivity index (χ4v) is 2.97. The molecule has 110 valence electrons. The van der Waals surface area contributed by atoms with Crippen molar-refractivity contribution >= 4 is 0 Å². The molecule has 1 unspecified atom stereocenters. The smallest absolute Gasteiger partial charge is 0.124 e. The number of unbranched alkanes of at least 4 members (excludes halogenated alkanes) is 1. The van der Waals surface area contributed by atoms with Crippen molar-refractivity contribution in [3.05, 3.63) is 42.0 Å². The Morgan fingerprint density at radius 3 is 2.90 bits per heavy atom. The Morgan fingerprint density at radius 2 is 2.20 bits per heavy atom. The molecule has 0 aromatic heterocycles. The zero-order valence-electron chi connectivity index (χ0n) is 13.3. The quantitative estimate of drug-likeness (QED) is 0.578. The number of fused-ring (bicyclic) bond motifs is 1. The largest absolute Gasteiger partial charge is 0.487 e. The molecule has 0 spiro atoms. The van der Waals surface area contributed by atoms with Gasteiger partial charge in [-0.15, -0.1) is 6.58 Å².